The molecule has 0 bridgehead atoms. The lowest BCUT2D eigenvalue weighted by Crippen LogP contribution is -2.16. The molecule has 4 aromatic rings. The van der Waals surface area contributed by atoms with Crippen molar-refractivity contribution in [3.8, 4) is 22.7 Å². The third-order valence-electron chi connectivity index (χ3n) is 5.39. The van der Waals surface area contributed by atoms with E-state index >= 15 is 0 Å². The lowest BCUT2D eigenvalue weighted by molar-refractivity contribution is 0.0460. The Balaban J connectivity index is 1.88. The highest BCUT2D eigenvalue weighted by molar-refractivity contribution is 6.31. The standard InChI is InChI=1S/C27H19ClF3NO3/c1-2-27(30,31)25-13-11-23(32(25)20-8-5-7-17(14-20)26(33)34)21-15-19(28)10-12-24(21)35-16-18-6-3-4-9-22(18)29/h2-15H,1,16H2,(H,33,34). The van der Waals surface area contributed by atoms with Gasteiger partial charge in [-0.3, -0.25) is 0 Å². The van der Waals surface area contributed by atoms with Crippen LogP contribution in [0.15, 0.2) is 91.5 Å². The summed E-state index contributed by atoms with van der Waals surface area (Å²) in [5.41, 5.74) is 0.649. The number of halogens is 4. The van der Waals surface area contributed by atoms with Gasteiger partial charge in [-0.05, 0) is 60.7 Å². The van der Waals surface area contributed by atoms with E-state index in [-0.39, 0.29) is 29.3 Å². The predicted molar refractivity (Wildman–Crippen MR) is 128 cm³/mol. The van der Waals surface area contributed by atoms with E-state index in [9.17, 15) is 23.1 Å². The molecule has 35 heavy (non-hydrogen) atoms. The molecule has 8 heteroatoms. The molecule has 0 amide bonds. The molecular weight excluding hydrogens is 479 g/mol. The number of rotatable bonds is 8. The van der Waals surface area contributed by atoms with Crippen LogP contribution in [-0.4, -0.2) is 15.6 Å². The van der Waals surface area contributed by atoms with Crippen LogP contribution in [0.2, 0.25) is 5.02 Å². The molecule has 0 saturated heterocycles. The van der Waals surface area contributed by atoms with Crippen molar-refractivity contribution in [3.05, 3.63) is 119 Å². The summed E-state index contributed by atoms with van der Waals surface area (Å²) in [6.45, 7) is 3.13. The second kappa shape index (κ2) is 9.72. The van der Waals surface area contributed by atoms with E-state index in [4.69, 9.17) is 16.3 Å². The van der Waals surface area contributed by atoms with Gasteiger partial charge in [0.2, 0.25) is 0 Å². The fourth-order valence-electron chi connectivity index (χ4n) is 3.67. The molecular formula is C27H19ClF3NO3. The summed E-state index contributed by atoms with van der Waals surface area (Å²) in [6, 6.07) is 19.1. The van der Waals surface area contributed by atoms with Gasteiger partial charge in [0.05, 0.1) is 17.0 Å². The number of allylic oxidation sites excluding steroid dienone is 1. The fourth-order valence-corrected chi connectivity index (χ4v) is 3.84. The van der Waals surface area contributed by atoms with Crippen molar-refractivity contribution < 1.29 is 27.8 Å². The number of alkyl halides is 2. The molecule has 0 atom stereocenters. The van der Waals surface area contributed by atoms with Crippen molar-refractivity contribution >= 4 is 17.6 Å². The maximum absolute atomic E-state index is 14.9. The Morgan fingerprint density at radius 2 is 1.83 bits per heavy atom. The van der Waals surface area contributed by atoms with Crippen molar-refractivity contribution in [2.45, 2.75) is 12.5 Å². The summed E-state index contributed by atoms with van der Waals surface area (Å²) < 4.78 is 50.9. The van der Waals surface area contributed by atoms with Crippen LogP contribution in [0.1, 0.15) is 21.6 Å². The van der Waals surface area contributed by atoms with E-state index in [2.05, 4.69) is 6.58 Å². The molecule has 0 fully saturated rings. The van der Waals surface area contributed by atoms with E-state index in [1.807, 2.05) is 0 Å². The molecule has 4 rings (SSSR count). The number of carboxylic acids is 1. The van der Waals surface area contributed by atoms with Gasteiger partial charge in [0.15, 0.2) is 0 Å². The third-order valence-corrected chi connectivity index (χ3v) is 5.62. The Hall–Kier alpha value is -3.97. The van der Waals surface area contributed by atoms with Crippen LogP contribution in [0.5, 0.6) is 5.75 Å². The quantitative estimate of drug-likeness (QED) is 0.256. The summed E-state index contributed by atoms with van der Waals surface area (Å²) in [5.74, 6) is -4.79. The molecule has 178 valence electrons. The molecule has 0 aliphatic heterocycles. The molecule has 1 heterocycles. The molecule has 0 radical (unpaired) electrons. The second-order valence-electron chi connectivity index (χ2n) is 7.64. The Morgan fingerprint density at radius 3 is 2.54 bits per heavy atom. The zero-order valence-corrected chi connectivity index (χ0v) is 19.0. The van der Waals surface area contributed by atoms with Gasteiger partial charge in [-0.25, -0.2) is 9.18 Å². The highest BCUT2D eigenvalue weighted by Gasteiger charge is 2.33. The Bertz CT molecular complexity index is 1410. The van der Waals surface area contributed by atoms with E-state index < -0.39 is 23.4 Å². The van der Waals surface area contributed by atoms with Gasteiger partial charge in [0.1, 0.15) is 18.2 Å². The molecule has 0 aliphatic carbocycles. The number of nitrogens with zero attached hydrogens (tertiary/aromatic N) is 1. The van der Waals surface area contributed by atoms with Gasteiger partial charge in [0, 0.05) is 21.8 Å². The minimum atomic E-state index is -3.43. The van der Waals surface area contributed by atoms with Gasteiger partial charge in [-0.1, -0.05) is 42.4 Å². The number of aromatic nitrogens is 1. The highest BCUT2D eigenvalue weighted by atomic mass is 35.5. The van der Waals surface area contributed by atoms with E-state index in [1.165, 1.54) is 47.0 Å². The first-order chi connectivity index (χ1) is 16.7. The second-order valence-corrected chi connectivity index (χ2v) is 8.08. The number of aromatic carboxylic acids is 1. The minimum Gasteiger partial charge on any atom is -0.488 e. The molecule has 1 N–H and O–H groups in total. The van der Waals surface area contributed by atoms with Crippen molar-refractivity contribution in [1.29, 1.82) is 0 Å². The fraction of sp³-hybridized carbons (Fsp3) is 0.0741. The zero-order chi connectivity index (χ0) is 25.2. The summed E-state index contributed by atoms with van der Waals surface area (Å²) in [6.07, 6.45) is 0.511. The zero-order valence-electron chi connectivity index (χ0n) is 18.2. The van der Waals surface area contributed by atoms with Crippen molar-refractivity contribution in [3.63, 3.8) is 0 Å². The molecule has 0 saturated carbocycles. The lowest BCUT2D eigenvalue weighted by atomic mass is 10.1. The van der Waals surface area contributed by atoms with Gasteiger partial charge < -0.3 is 14.4 Å². The van der Waals surface area contributed by atoms with Crippen molar-refractivity contribution in [2.75, 3.05) is 0 Å². The molecule has 0 aliphatic rings. The van der Waals surface area contributed by atoms with Crippen LogP contribution in [0.3, 0.4) is 0 Å². The molecule has 0 unspecified atom stereocenters. The van der Waals surface area contributed by atoms with Crippen LogP contribution in [-0.2, 0) is 12.5 Å². The normalized spacial score (nSPS) is 11.3. The van der Waals surface area contributed by atoms with E-state index in [0.717, 1.165) is 0 Å². The monoisotopic (exact) mass is 497 g/mol. The number of ether oxygens (including phenoxy) is 1. The molecule has 3 aromatic carbocycles. The van der Waals surface area contributed by atoms with Crippen LogP contribution in [0, 0.1) is 5.82 Å². The van der Waals surface area contributed by atoms with Crippen LogP contribution < -0.4 is 4.74 Å². The third kappa shape index (κ3) is 4.95. The van der Waals surface area contributed by atoms with Crippen LogP contribution >= 0.6 is 11.6 Å². The first-order valence-corrected chi connectivity index (χ1v) is 10.8. The van der Waals surface area contributed by atoms with Crippen molar-refractivity contribution in [1.82, 2.24) is 4.57 Å². The average molecular weight is 498 g/mol. The number of hydrogen-bond donors (Lipinski definition) is 1. The van der Waals surface area contributed by atoms with E-state index in [1.54, 1.807) is 36.4 Å². The van der Waals surface area contributed by atoms with Gasteiger partial charge in [0.25, 0.3) is 0 Å². The summed E-state index contributed by atoms with van der Waals surface area (Å²) in [4.78, 5) is 11.5. The number of benzene rings is 3. The van der Waals surface area contributed by atoms with Crippen molar-refractivity contribution in [2.24, 2.45) is 0 Å². The predicted octanol–water partition coefficient (Wildman–Crippen LogP) is 7.49. The smallest absolute Gasteiger partial charge is 0.335 e. The first kappa shape index (κ1) is 24.2. The molecule has 4 nitrogen and oxygen atoms in total. The average Bonchev–Trinajstić information content (AvgIpc) is 3.30. The van der Waals surface area contributed by atoms with E-state index in [0.29, 0.717) is 22.2 Å². The minimum absolute atomic E-state index is 0.0721. The molecule has 0 spiro atoms. The summed E-state index contributed by atoms with van der Waals surface area (Å²) >= 11 is 6.23. The lowest BCUT2D eigenvalue weighted by Gasteiger charge is -2.20. The SMILES string of the molecule is C=CC(F)(F)c1ccc(-c2cc(Cl)ccc2OCc2ccccc2F)n1-c1cccc(C(=O)O)c1. The largest absolute Gasteiger partial charge is 0.488 e. The number of hydrogen-bond acceptors (Lipinski definition) is 2. The summed E-state index contributed by atoms with van der Waals surface area (Å²) in [7, 11) is 0. The van der Waals surface area contributed by atoms with Crippen LogP contribution in [0.4, 0.5) is 13.2 Å². The first-order valence-electron chi connectivity index (χ1n) is 10.4. The molecule has 1 aromatic heterocycles. The summed E-state index contributed by atoms with van der Waals surface area (Å²) in [5, 5.41) is 9.73. The van der Waals surface area contributed by atoms with Gasteiger partial charge in [-0.15, -0.1) is 0 Å². The van der Waals surface area contributed by atoms with Crippen LogP contribution in [0.25, 0.3) is 16.9 Å². The number of carboxylic acid groups (broad SMARTS) is 1. The Labute approximate surface area is 204 Å². The topological polar surface area (TPSA) is 51.5 Å². The maximum atomic E-state index is 14.9. The Morgan fingerprint density at radius 1 is 1.06 bits per heavy atom. The van der Waals surface area contributed by atoms with Gasteiger partial charge >= 0.3 is 11.9 Å². The maximum Gasteiger partial charge on any atom is 0.335 e. The highest BCUT2D eigenvalue weighted by Crippen LogP contribution is 2.40. The number of carbonyl (C=O) groups is 1. The van der Waals surface area contributed by atoms with Gasteiger partial charge in [-0.2, -0.15) is 8.78 Å². The Kier molecular flexibility index (Phi) is 6.71.